The van der Waals surface area contributed by atoms with Crippen molar-refractivity contribution in [3.05, 3.63) is 59.7 Å². The molecule has 2 aromatic rings. The van der Waals surface area contributed by atoms with Crippen LogP contribution in [0.25, 0.3) is 0 Å². The molecule has 0 radical (unpaired) electrons. The van der Waals surface area contributed by atoms with E-state index in [-0.39, 0.29) is 30.4 Å². The van der Waals surface area contributed by atoms with Gasteiger partial charge in [-0.3, -0.25) is 0 Å². The third kappa shape index (κ3) is 5.86. The lowest BCUT2D eigenvalue weighted by atomic mass is 9.77. The van der Waals surface area contributed by atoms with Gasteiger partial charge >= 0.3 is 0 Å². The molecule has 0 aliphatic heterocycles. The summed E-state index contributed by atoms with van der Waals surface area (Å²) < 4.78 is 11.5. The van der Waals surface area contributed by atoms with Crippen LogP contribution in [0.3, 0.4) is 0 Å². The molecule has 0 spiro atoms. The van der Waals surface area contributed by atoms with Crippen LogP contribution in [-0.4, -0.2) is 42.0 Å². The van der Waals surface area contributed by atoms with E-state index >= 15 is 0 Å². The molecular formula is C22H29ClO4. The predicted octanol–water partition coefficient (Wildman–Crippen LogP) is 4.00. The number of halogens is 1. The van der Waals surface area contributed by atoms with E-state index in [0.29, 0.717) is 6.61 Å². The van der Waals surface area contributed by atoms with Gasteiger partial charge < -0.3 is 19.7 Å². The number of ether oxygens (including phenoxy) is 2. The van der Waals surface area contributed by atoms with Crippen molar-refractivity contribution in [3.63, 3.8) is 0 Å². The summed E-state index contributed by atoms with van der Waals surface area (Å²) in [6.07, 6.45) is -0.694. The maximum absolute atomic E-state index is 9.68. The quantitative estimate of drug-likeness (QED) is 0.600. The molecule has 2 rings (SSSR count). The molecule has 0 aliphatic carbocycles. The smallest absolute Gasteiger partial charge is 0.123 e. The Morgan fingerprint density at radius 3 is 2.30 bits per heavy atom. The van der Waals surface area contributed by atoms with Crippen LogP contribution in [0.15, 0.2) is 48.5 Å². The van der Waals surface area contributed by atoms with Crippen LogP contribution in [0.1, 0.15) is 31.9 Å². The molecule has 2 N–H and O–H groups in total. The molecule has 0 bridgehead atoms. The fraction of sp³-hybridized carbons (Fsp3) is 0.455. The second-order valence-electron chi connectivity index (χ2n) is 7.36. The summed E-state index contributed by atoms with van der Waals surface area (Å²) in [5.74, 6) is 1.77. The van der Waals surface area contributed by atoms with E-state index in [1.807, 2.05) is 55.5 Å². The molecule has 2 atom stereocenters. The van der Waals surface area contributed by atoms with Crippen LogP contribution in [0.4, 0.5) is 0 Å². The average molecular weight is 393 g/mol. The highest BCUT2D eigenvalue weighted by molar-refractivity contribution is 6.18. The number of hydrogen-bond acceptors (Lipinski definition) is 4. The first-order valence-electron chi connectivity index (χ1n) is 9.19. The SMILES string of the molecule is CC(CO)COc1ccc(C(C)(C)c2ccccc2OCC(O)CCl)cc1. The minimum atomic E-state index is -0.694. The zero-order chi connectivity index (χ0) is 19.9. The molecule has 0 saturated heterocycles. The second-order valence-corrected chi connectivity index (χ2v) is 7.67. The topological polar surface area (TPSA) is 58.9 Å². The van der Waals surface area contributed by atoms with Crippen molar-refractivity contribution in [1.82, 2.24) is 0 Å². The van der Waals surface area contributed by atoms with Crippen LogP contribution in [0.2, 0.25) is 0 Å². The molecule has 0 aliphatic rings. The Hall–Kier alpha value is -1.75. The van der Waals surface area contributed by atoms with Crippen molar-refractivity contribution in [1.29, 1.82) is 0 Å². The van der Waals surface area contributed by atoms with Crippen molar-refractivity contribution in [2.24, 2.45) is 5.92 Å². The number of alkyl halides is 1. The Kier molecular flexibility index (Phi) is 7.96. The minimum Gasteiger partial charge on any atom is -0.493 e. The molecule has 148 valence electrons. The Morgan fingerprint density at radius 2 is 1.67 bits per heavy atom. The lowest BCUT2D eigenvalue weighted by molar-refractivity contribution is 0.124. The molecule has 0 aromatic heterocycles. The highest BCUT2D eigenvalue weighted by atomic mass is 35.5. The van der Waals surface area contributed by atoms with E-state index in [1.54, 1.807) is 0 Å². The average Bonchev–Trinajstić information content (AvgIpc) is 2.70. The van der Waals surface area contributed by atoms with Gasteiger partial charge in [0.05, 0.1) is 12.5 Å². The van der Waals surface area contributed by atoms with Gasteiger partial charge in [0, 0.05) is 23.5 Å². The third-order valence-corrected chi connectivity index (χ3v) is 4.95. The predicted molar refractivity (Wildman–Crippen MR) is 109 cm³/mol. The Bertz CT molecular complexity index is 700. The van der Waals surface area contributed by atoms with Crippen molar-refractivity contribution in [2.45, 2.75) is 32.3 Å². The van der Waals surface area contributed by atoms with Crippen LogP contribution < -0.4 is 9.47 Å². The van der Waals surface area contributed by atoms with Gasteiger partial charge in [-0.1, -0.05) is 51.1 Å². The van der Waals surface area contributed by atoms with E-state index in [2.05, 4.69) is 13.8 Å². The van der Waals surface area contributed by atoms with E-state index in [4.69, 9.17) is 26.2 Å². The first-order valence-corrected chi connectivity index (χ1v) is 9.72. The summed E-state index contributed by atoms with van der Waals surface area (Å²) in [6, 6.07) is 15.8. The van der Waals surface area contributed by atoms with Gasteiger partial charge in [0.25, 0.3) is 0 Å². The zero-order valence-electron chi connectivity index (χ0n) is 16.2. The van der Waals surface area contributed by atoms with Crippen LogP contribution in [0, 0.1) is 5.92 Å². The Labute approximate surface area is 166 Å². The van der Waals surface area contributed by atoms with Gasteiger partial charge in [0.1, 0.15) is 24.2 Å². The molecule has 0 amide bonds. The van der Waals surface area contributed by atoms with Gasteiger partial charge in [-0.25, -0.2) is 0 Å². The molecule has 0 fully saturated rings. The Balaban J connectivity index is 2.18. The van der Waals surface area contributed by atoms with Crippen molar-refractivity contribution in [3.8, 4) is 11.5 Å². The highest BCUT2D eigenvalue weighted by Crippen LogP contribution is 2.37. The molecular weight excluding hydrogens is 364 g/mol. The number of hydrogen-bond donors (Lipinski definition) is 2. The van der Waals surface area contributed by atoms with Gasteiger partial charge in [0.2, 0.25) is 0 Å². The van der Waals surface area contributed by atoms with Gasteiger partial charge in [0.15, 0.2) is 0 Å². The summed E-state index contributed by atoms with van der Waals surface area (Å²) in [6.45, 7) is 6.97. The van der Waals surface area contributed by atoms with E-state index in [0.717, 1.165) is 22.6 Å². The zero-order valence-corrected chi connectivity index (χ0v) is 16.9. The highest BCUT2D eigenvalue weighted by Gasteiger charge is 2.26. The second kappa shape index (κ2) is 9.98. The number of rotatable bonds is 10. The summed E-state index contributed by atoms with van der Waals surface area (Å²) in [5, 5.41) is 18.8. The van der Waals surface area contributed by atoms with Crippen molar-refractivity contribution < 1.29 is 19.7 Å². The Morgan fingerprint density at radius 1 is 1.00 bits per heavy atom. The molecule has 2 aromatic carbocycles. The van der Waals surface area contributed by atoms with Gasteiger partial charge in [-0.15, -0.1) is 11.6 Å². The molecule has 2 unspecified atom stereocenters. The fourth-order valence-electron chi connectivity index (χ4n) is 2.75. The fourth-order valence-corrected chi connectivity index (χ4v) is 2.84. The van der Waals surface area contributed by atoms with E-state index in [9.17, 15) is 5.11 Å². The summed E-state index contributed by atoms with van der Waals surface area (Å²) in [7, 11) is 0. The van der Waals surface area contributed by atoms with Gasteiger partial charge in [-0.2, -0.15) is 0 Å². The van der Waals surface area contributed by atoms with Gasteiger partial charge in [-0.05, 0) is 23.8 Å². The molecule has 0 heterocycles. The molecule has 0 saturated carbocycles. The van der Waals surface area contributed by atoms with E-state index in [1.165, 1.54) is 0 Å². The monoisotopic (exact) mass is 392 g/mol. The first-order chi connectivity index (χ1) is 12.9. The lowest BCUT2D eigenvalue weighted by Gasteiger charge is -2.28. The van der Waals surface area contributed by atoms with Crippen LogP contribution >= 0.6 is 11.6 Å². The largest absolute Gasteiger partial charge is 0.493 e. The summed E-state index contributed by atoms with van der Waals surface area (Å²) in [5.41, 5.74) is 1.87. The van der Waals surface area contributed by atoms with Crippen molar-refractivity contribution >= 4 is 11.6 Å². The molecule has 4 nitrogen and oxygen atoms in total. The summed E-state index contributed by atoms with van der Waals surface area (Å²) >= 11 is 5.66. The summed E-state index contributed by atoms with van der Waals surface area (Å²) in [4.78, 5) is 0. The first kappa shape index (κ1) is 21.5. The van der Waals surface area contributed by atoms with Crippen LogP contribution in [-0.2, 0) is 5.41 Å². The maximum atomic E-state index is 9.68. The minimum absolute atomic E-state index is 0.105. The normalized spacial score (nSPS) is 13.9. The number of aliphatic hydroxyl groups is 2. The number of para-hydroxylation sites is 1. The maximum Gasteiger partial charge on any atom is 0.123 e. The van der Waals surface area contributed by atoms with Crippen LogP contribution in [0.5, 0.6) is 11.5 Å². The molecule has 27 heavy (non-hydrogen) atoms. The lowest BCUT2D eigenvalue weighted by Crippen LogP contribution is -2.23. The molecule has 5 heteroatoms. The van der Waals surface area contributed by atoms with Crippen molar-refractivity contribution in [2.75, 3.05) is 25.7 Å². The third-order valence-electron chi connectivity index (χ3n) is 4.59. The number of benzene rings is 2. The van der Waals surface area contributed by atoms with E-state index < -0.39 is 6.10 Å². The standard InChI is InChI=1S/C22H29ClO4/c1-16(13-24)14-26-19-10-8-17(9-11-19)22(2,3)20-6-4-5-7-21(20)27-15-18(25)12-23/h4-11,16,18,24-25H,12-15H2,1-3H3. The number of aliphatic hydroxyl groups excluding tert-OH is 2.